The Morgan fingerprint density at radius 1 is 0.940 bits per heavy atom. The molecule has 4 aromatic rings. The highest BCUT2D eigenvalue weighted by Crippen LogP contribution is 2.55. The zero-order valence-electron chi connectivity index (χ0n) is 38.1. The van der Waals surface area contributed by atoms with Crippen molar-refractivity contribution in [2.45, 2.75) is 122 Å². The van der Waals surface area contributed by atoms with Crippen molar-refractivity contribution in [2.75, 3.05) is 30.5 Å². The minimum absolute atomic E-state index is 0.0433. The molecular formula is C37H55N12O15P2Si+. The van der Waals surface area contributed by atoms with Gasteiger partial charge in [0.2, 0.25) is 23.7 Å². The van der Waals surface area contributed by atoms with Gasteiger partial charge in [0.15, 0.2) is 49.2 Å². The zero-order valence-corrected chi connectivity index (χ0v) is 40.8. The van der Waals surface area contributed by atoms with E-state index in [2.05, 4.69) is 40.5 Å². The fourth-order valence-electron chi connectivity index (χ4n) is 6.71. The molecule has 2 amide bonds. The summed E-state index contributed by atoms with van der Waals surface area (Å²) in [6.07, 6.45) is -7.42. The molecule has 0 radical (unpaired) electrons. The number of amides is 2. The molecular weight excluding hydrogens is 943 g/mol. The third kappa shape index (κ3) is 11.3. The van der Waals surface area contributed by atoms with Gasteiger partial charge in [-0.25, -0.2) is 14.5 Å². The van der Waals surface area contributed by atoms with Crippen LogP contribution in [-0.2, 0) is 50.7 Å². The number of aromatic nitrogens is 8. The topological polar surface area (TPSA) is 374 Å². The number of aromatic amines is 2. The number of phosphoric ester groups is 1. The highest BCUT2D eigenvalue weighted by molar-refractivity contribution is 7.48. The second-order valence-corrected chi connectivity index (χ2v) is 24.9. The van der Waals surface area contributed by atoms with Gasteiger partial charge in [-0.3, -0.25) is 62.5 Å². The van der Waals surface area contributed by atoms with Crippen molar-refractivity contribution in [3.05, 3.63) is 33.4 Å². The predicted molar refractivity (Wildman–Crippen MR) is 237 cm³/mol. The number of nitrogens with one attached hydrogen (secondary N) is 4. The van der Waals surface area contributed by atoms with E-state index in [0.717, 1.165) is 0 Å². The number of hydrogen-bond acceptors (Lipinski definition) is 20. The summed E-state index contributed by atoms with van der Waals surface area (Å²) in [7, 11) is -11.2. The standard InChI is InChI=1S/C37H54N12O15P2Si/c1-17(2)29(51)44-35-42-27-22(31(53)46-35)40-15-48(27)33-21(39)24(62-65(55)56)20(61-33)14-59-66(57,58-12-10-11-38)63-25-19(13-50)60-34(26(25)64-67(8,9)37(5,6)7)49-16-41-23-28(49)43-36(47-32(23)54)45-30(52)18(3)4/h15-21,24-26,33-34,50H,10,12-14,39H2,1-9H3,(H4-,42,43,44,45,46,47,51,52,53,54,55,56)/p+1/t19-,20?,21-,24-,25-,26?,33?,34?,66?/m1/s1. The maximum absolute atomic E-state index is 14.9. The number of H-pyrrole nitrogens is 2. The van der Waals surface area contributed by atoms with Gasteiger partial charge in [-0.1, -0.05) is 48.5 Å². The number of anilines is 2. The summed E-state index contributed by atoms with van der Waals surface area (Å²) in [5.41, 5.74) is 4.73. The van der Waals surface area contributed by atoms with Crippen LogP contribution in [-0.4, -0.2) is 126 Å². The van der Waals surface area contributed by atoms with Crippen molar-refractivity contribution in [3.63, 3.8) is 0 Å². The van der Waals surface area contributed by atoms with Gasteiger partial charge >= 0.3 is 16.1 Å². The van der Waals surface area contributed by atoms with Crippen molar-refractivity contribution in [2.24, 2.45) is 17.6 Å². The molecule has 2 aliphatic rings. The number of ether oxygens (including phenoxy) is 2. The predicted octanol–water partition coefficient (Wildman–Crippen LogP) is 2.42. The van der Waals surface area contributed by atoms with Gasteiger partial charge in [-0.2, -0.15) is 15.2 Å². The Morgan fingerprint density at radius 2 is 1.46 bits per heavy atom. The smallest absolute Gasteiger partial charge is 0.407 e. The number of imidazole rings is 2. The van der Waals surface area contributed by atoms with E-state index in [1.165, 1.54) is 21.8 Å². The molecule has 2 saturated heterocycles. The number of phosphoric acid groups is 1. The monoisotopic (exact) mass is 997 g/mol. The highest BCUT2D eigenvalue weighted by Gasteiger charge is 2.55. The minimum atomic E-state index is -4.95. The van der Waals surface area contributed by atoms with Crippen LogP contribution >= 0.6 is 16.1 Å². The Balaban J connectivity index is 1.35. The normalized spacial score (nSPS) is 24.6. The molecule has 0 bridgehead atoms. The van der Waals surface area contributed by atoms with Gasteiger partial charge in [0.25, 0.3) is 11.1 Å². The van der Waals surface area contributed by atoms with Crippen molar-refractivity contribution in [3.8, 4) is 6.07 Å². The summed E-state index contributed by atoms with van der Waals surface area (Å²) in [6.45, 7) is 14.3. The number of aliphatic hydroxyl groups excluding tert-OH is 1. The van der Waals surface area contributed by atoms with Gasteiger partial charge in [-0.15, -0.1) is 9.42 Å². The van der Waals surface area contributed by atoms with Crippen molar-refractivity contribution in [1.82, 2.24) is 39.0 Å². The number of hydrogen-bond donors (Lipinski definition) is 7. The van der Waals surface area contributed by atoms with Gasteiger partial charge < -0.3 is 24.7 Å². The van der Waals surface area contributed by atoms with E-state index < -0.39 is 133 Å². The highest BCUT2D eigenvalue weighted by atomic mass is 31.2. The van der Waals surface area contributed by atoms with Crippen LogP contribution in [0, 0.1) is 23.2 Å². The summed E-state index contributed by atoms with van der Waals surface area (Å²) in [5, 5.41) is 24.8. The quantitative estimate of drug-likeness (QED) is 0.0403. The molecule has 0 saturated carbocycles. The molecule has 366 valence electrons. The number of nitriles is 1. The maximum Gasteiger partial charge on any atom is 0.695 e. The lowest BCUT2D eigenvalue weighted by Crippen LogP contribution is -2.49. The Kier molecular flexibility index (Phi) is 15.8. The molecule has 8 N–H and O–H groups in total. The summed E-state index contributed by atoms with van der Waals surface area (Å²) >= 11 is 0. The Labute approximate surface area is 384 Å². The van der Waals surface area contributed by atoms with Crippen molar-refractivity contribution < 1.29 is 60.7 Å². The van der Waals surface area contributed by atoms with E-state index in [-0.39, 0.29) is 40.6 Å². The first-order valence-electron chi connectivity index (χ1n) is 21.1. The van der Waals surface area contributed by atoms with Crippen LogP contribution in [0.4, 0.5) is 11.9 Å². The zero-order chi connectivity index (χ0) is 49.3. The number of nitrogens with two attached hydrogens (primary N) is 1. The molecule has 30 heteroatoms. The molecule has 10 atom stereocenters. The first kappa shape index (κ1) is 51.7. The molecule has 6 rings (SSSR count). The third-order valence-electron chi connectivity index (χ3n) is 11.4. The molecule has 0 aliphatic carbocycles. The molecule has 27 nitrogen and oxygen atoms in total. The van der Waals surface area contributed by atoms with E-state index in [1.807, 2.05) is 39.9 Å². The van der Waals surface area contributed by atoms with Crippen molar-refractivity contribution >= 4 is 70.4 Å². The van der Waals surface area contributed by atoms with Gasteiger partial charge in [0, 0.05) is 16.4 Å². The van der Waals surface area contributed by atoms with Crippen LogP contribution < -0.4 is 27.5 Å². The first-order chi connectivity index (χ1) is 31.4. The Bertz CT molecular complexity index is 2700. The average Bonchev–Trinajstić information content (AvgIpc) is 4.01. The van der Waals surface area contributed by atoms with Crippen LogP contribution in [0.5, 0.6) is 0 Å². The summed E-state index contributed by atoms with van der Waals surface area (Å²) in [6, 6.07) is 0.571. The molecule has 4 aromatic heterocycles. The molecule has 2 fully saturated rings. The van der Waals surface area contributed by atoms with Crippen LogP contribution in [0.25, 0.3) is 22.3 Å². The lowest BCUT2D eigenvalue weighted by molar-refractivity contribution is -0.119. The third-order valence-corrected chi connectivity index (χ3v) is 17.7. The number of nitrogens with zero attached hydrogens (tertiary/aromatic N) is 7. The molecule has 0 aromatic carbocycles. The Hall–Kier alpha value is -4.72. The SMILES string of the molecule is CC(C)C(=O)Nc1nc2c(ncn2C2O[C@H](CO)[C@@H](OP(=O)(OCCC#N)OCC3OC(n4cnc5c(=O)[nH]c(NC(=O)C(C)C)nc54)[C@H](N)[C@@H]3O[P+](=O)O)C2O[Si](C)(C)C(C)(C)C)c(=O)[nH]1. The summed E-state index contributed by atoms with van der Waals surface area (Å²) in [5.74, 6) is -2.18. The van der Waals surface area contributed by atoms with Crippen molar-refractivity contribution in [1.29, 1.82) is 5.26 Å². The lowest BCUT2D eigenvalue weighted by atomic mass is 10.1. The van der Waals surface area contributed by atoms with E-state index in [9.17, 15) is 43.6 Å². The van der Waals surface area contributed by atoms with Gasteiger partial charge in [0.1, 0.15) is 24.4 Å². The number of rotatable bonds is 19. The lowest BCUT2D eigenvalue weighted by Gasteiger charge is -2.40. The second kappa shape index (κ2) is 20.5. The maximum atomic E-state index is 14.9. The molecule has 67 heavy (non-hydrogen) atoms. The van der Waals surface area contributed by atoms with Gasteiger partial charge in [-0.05, 0) is 18.1 Å². The van der Waals surface area contributed by atoms with Gasteiger partial charge in [0.05, 0.1) is 51.0 Å². The number of carbonyl (C=O) groups is 2. The van der Waals surface area contributed by atoms with Crippen LogP contribution in [0.3, 0.4) is 0 Å². The van der Waals surface area contributed by atoms with Crippen LogP contribution in [0.1, 0.15) is 67.3 Å². The van der Waals surface area contributed by atoms with E-state index in [4.69, 9.17) is 37.7 Å². The molecule has 0 spiro atoms. The fourth-order valence-corrected chi connectivity index (χ4v) is 9.88. The van der Waals surface area contributed by atoms with E-state index >= 15 is 0 Å². The van der Waals surface area contributed by atoms with E-state index in [0.29, 0.717) is 0 Å². The molecule has 6 unspecified atom stereocenters. The summed E-state index contributed by atoms with van der Waals surface area (Å²) < 4.78 is 72.1. The largest absolute Gasteiger partial charge is 0.695 e. The van der Waals surface area contributed by atoms with Crippen LogP contribution in [0.2, 0.25) is 18.1 Å². The Morgan fingerprint density at radius 3 is 1.94 bits per heavy atom. The second-order valence-electron chi connectivity index (χ2n) is 17.9. The number of aliphatic hydroxyl groups is 1. The van der Waals surface area contributed by atoms with E-state index in [1.54, 1.807) is 27.7 Å². The molecule has 2 aliphatic heterocycles. The minimum Gasteiger partial charge on any atom is -0.407 e. The first-order valence-corrected chi connectivity index (χ1v) is 26.6. The number of fused-ring (bicyclic) bond motifs is 2. The number of carbonyl (C=O) groups excluding carboxylic acids is 2. The average molecular weight is 998 g/mol. The fraction of sp³-hybridized carbons (Fsp3) is 0.649. The molecule has 6 heterocycles. The summed E-state index contributed by atoms with van der Waals surface area (Å²) in [4.78, 5) is 83.1. The van der Waals surface area contributed by atoms with Crippen LogP contribution in [0.15, 0.2) is 22.2 Å².